The first-order valence-corrected chi connectivity index (χ1v) is 9.63. The highest BCUT2D eigenvalue weighted by Gasteiger charge is 2.42. The highest BCUT2D eigenvalue weighted by atomic mass is 35.5. The summed E-state index contributed by atoms with van der Waals surface area (Å²) in [6, 6.07) is 11.1. The smallest absolute Gasteiger partial charge is 0.230 e. The fraction of sp³-hybridized carbons (Fsp3) is 0.350. The van der Waals surface area contributed by atoms with Gasteiger partial charge in [-0.2, -0.15) is 5.10 Å². The number of hydrogen-bond acceptors (Lipinski definition) is 5. The molecule has 1 fully saturated rings. The molecule has 2 aromatic heterocycles. The number of carbonyl (C=O) groups excluding carboxylic acids is 1. The van der Waals surface area contributed by atoms with Gasteiger partial charge in [0.15, 0.2) is 5.76 Å². The monoisotopic (exact) mass is 400 g/mol. The van der Waals surface area contributed by atoms with Gasteiger partial charge in [0, 0.05) is 31.2 Å². The van der Waals surface area contributed by atoms with Gasteiger partial charge in [0.2, 0.25) is 11.7 Å². The molecular weight excluding hydrogens is 380 g/mol. The lowest BCUT2D eigenvalue weighted by Crippen LogP contribution is -2.48. The quantitative estimate of drug-likeness (QED) is 0.663. The fourth-order valence-electron chi connectivity index (χ4n) is 3.57. The molecule has 4 rings (SSSR count). The summed E-state index contributed by atoms with van der Waals surface area (Å²) < 4.78 is 10.8. The minimum absolute atomic E-state index is 0.0327. The van der Waals surface area contributed by atoms with Gasteiger partial charge in [0.05, 0.1) is 11.7 Å². The molecule has 1 aliphatic rings. The molecule has 0 unspecified atom stereocenters. The number of ether oxygens (including phenoxy) is 1. The van der Waals surface area contributed by atoms with Crippen molar-refractivity contribution in [1.29, 1.82) is 0 Å². The minimum Gasteiger partial charge on any atom is -0.461 e. The van der Waals surface area contributed by atoms with Gasteiger partial charge in [-0.1, -0.05) is 29.8 Å². The molecule has 28 heavy (non-hydrogen) atoms. The summed E-state index contributed by atoms with van der Waals surface area (Å²) in [5.74, 6) is 1.76. The first kappa shape index (κ1) is 18.7. The number of nitrogens with zero attached hydrogens (tertiary/aromatic N) is 2. The van der Waals surface area contributed by atoms with Crippen LogP contribution in [0, 0.1) is 0 Å². The van der Waals surface area contributed by atoms with Crippen LogP contribution >= 0.6 is 11.6 Å². The third-order valence-electron chi connectivity index (χ3n) is 5.09. The molecule has 1 aromatic carbocycles. The van der Waals surface area contributed by atoms with Gasteiger partial charge in [-0.15, -0.1) is 0 Å². The van der Waals surface area contributed by atoms with Crippen LogP contribution in [-0.4, -0.2) is 40.8 Å². The number of amides is 1. The van der Waals surface area contributed by atoms with Gasteiger partial charge in [0.1, 0.15) is 5.82 Å². The zero-order chi connectivity index (χ0) is 19.4. The molecule has 0 atom stereocenters. The van der Waals surface area contributed by atoms with E-state index in [4.69, 9.17) is 20.8 Å². The second-order valence-electron chi connectivity index (χ2n) is 6.76. The molecule has 0 bridgehead atoms. The maximum atomic E-state index is 13.2. The Hall–Kier alpha value is -2.64. The van der Waals surface area contributed by atoms with Crippen molar-refractivity contribution in [2.24, 2.45) is 0 Å². The third kappa shape index (κ3) is 3.68. The first-order chi connectivity index (χ1) is 13.7. The van der Waals surface area contributed by atoms with Crippen LogP contribution < -0.4 is 5.32 Å². The molecule has 1 amide bonds. The Morgan fingerprint density at radius 3 is 2.79 bits per heavy atom. The van der Waals surface area contributed by atoms with E-state index in [1.165, 1.54) is 0 Å². The second kappa shape index (κ2) is 8.16. The molecule has 3 heterocycles. The van der Waals surface area contributed by atoms with Crippen LogP contribution in [0.1, 0.15) is 24.2 Å². The van der Waals surface area contributed by atoms with Crippen LogP contribution in [0.3, 0.4) is 0 Å². The summed E-state index contributed by atoms with van der Waals surface area (Å²) in [6.45, 7) is 1.51. The highest BCUT2D eigenvalue weighted by molar-refractivity contribution is 6.31. The van der Waals surface area contributed by atoms with E-state index in [0.29, 0.717) is 61.5 Å². The van der Waals surface area contributed by atoms with Gasteiger partial charge in [0.25, 0.3) is 0 Å². The summed E-state index contributed by atoms with van der Waals surface area (Å²) >= 11 is 6.42. The number of carbonyl (C=O) groups is 1. The molecule has 0 aliphatic carbocycles. The number of aromatic amines is 1. The van der Waals surface area contributed by atoms with Crippen molar-refractivity contribution in [3.05, 3.63) is 59.1 Å². The molecule has 7 nitrogen and oxygen atoms in total. The Kier molecular flexibility index (Phi) is 5.45. The average Bonchev–Trinajstić information content (AvgIpc) is 3.40. The predicted octanol–water partition coefficient (Wildman–Crippen LogP) is 3.13. The summed E-state index contributed by atoms with van der Waals surface area (Å²) in [6.07, 6.45) is 3.32. The van der Waals surface area contributed by atoms with Crippen molar-refractivity contribution in [2.75, 3.05) is 19.8 Å². The van der Waals surface area contributed by atoms with Crippen molar-refractivity contribution in [3.63, 3.8) is 0 Å². The van der Waals surface area contributed by atoms with E-state index in [1.807, 2.05) is 24.3 Å². The number of aromatic nitrogens is 3. The minimum atomic E-state index is -0.669. The standard InChI is InChI=1S/C20H21ClN4O3/c21-15-5-2-1-4-14(15)20(8-12-27-13-9-20)19(26)22-10-7-17-23-18(25-24-17)16-6-3-11-28-16/h1-6,11H,7-10,12-13H2,(H,22,26)(H,23,24,25). The molecule has 8 heteroatoms. The van der Waals surface area contributed by atoms with E-state index in [2.05, 4.69) is 20.5 Å². The molecule has 1 saturated heterocycles. The summed E-state index contributed by atoms with van der Waals surface area (Å²) in [7, 11) is 0. The Labute approximate surface area is 167 Å². The molecule has 2 N–H and O–H groups in total. The number of furan rings is 1. The first-order valence-electron chi connectivity index (χ1n) is 9.25. The van der Waals surface area contributed by atoms with E-state index >= 15 is 0 Å². The van der Waals surface area contributed by atoms with Crippen molar-refractivity contribution >= 4 is 17.5 Å². The van der Waals surface area contributed by atoms with E-state index < -0.39 is 5.41 Å². The number of rotatable bonds is 6. The van der Waals surface area contributed by atoms with Crippen LogP contribution in [0.5, 0.6) is 0 Å². The molecular formula is C20H21ClN4O3. The van der Waals surface area contributed by atoms with Crippen LogP contribution in [0.15, 0.2) is 47.1 Å². The lowest BCUT2D eigenvalue weighted by Gasteiger charge is -2.36. The third-order valence-corrected chi connectivity index (χ3v) is 5.42. The number of halogens is 1. The lowest BCUT2D eigenvalue weighted by molar-refractivity contribution is -0.130. The number of benzene rings is 1. The van der Waals surface area contributed by atoms with Gasteiger partial charge in [-0.05, 0) is 36.6 Å². The van der Waals surface area contributed by atoms with Crippen LogP contribution in [0.2, 0.25) is 5.02 Å². The Balaban J connectivity index is 1.43. The molecule has 146 valence electrons. The lowest BCUT2D eigenvalue weighted by atomic mass is 9.73. The molecule has 1 aliphatic heterocycles. The van der Waals surface area contributed by atoms with Crippen molar-refractivity contribution in [1.82, 2.24) is 20.5 Å². The Bertz CT molecular complexity index is 933. The summed E-state index contributed by atoms with van der Waals surface area (Å²) in [5, 5.41) is 10.7. The molecule has 0 spiro atoms. The van der Waals surface area contributed by atoms with Crippen molar-refractivity contribution < 1.29 is 13.9 Å². The number of hydrogen-bond donors (Lipinski definition) is 2. The van der Waals surface area contributed by atoms with E-state index in [-0.39, 0.29) is 5.91 Å². The number of nitrogens with one attached hydrogen (secondary N) is 2. The van der Waals surface area contributed by atoms with Gasteiger partial charge < -0.3 is 14.5 Å². The van der Waals surface area contributed by atoms with Crippen molar-refractivity contribution in [2.45, 2.75) is 24.7 Å². The normalized spacial score (nSPS) is 16.0. The molecule has 0 saturated carbocycles. The topological polar surface area (TPSA) is 93.0 Å². The zero-order valence-corrected chi connectivity index (χ0v) is 16.0. The van der Waals surface area contributed by atoms with Crippen LogP contribution in [0.4, 0.5) is 0 Å². The maximum Gasteiger partial charge on any atom is 0.230 e. The summed E-state index contributed by atoms with van der Waals surface area (Å²) in [5.41, 5.74) is 0.189. The molecule has 0 radical (unpaired) electrons. The Morgan fingerprint density at radius 1 is 1.21 bits per heavy atom. The zero-order valence-electron chi connectivity index (χ0n) is 15.3. The molecule has 3 aromatic rings. The predicted molar refractivity (Wildman–Crippen MR) is 104 cm³/mol. The van der Waals surface area contributed by atoms with Gasteiger partial charge >= 0.3 is 0 Å². The maximum absolute atomic E-state index is 13.2. The number of H-pyrrole nitrogens is 1. The van der Waals surface area contributed by atoms with Crippen LogP contribution in [0.25, 0.3) is 11.6 Å². The SMILES string of the molecule is O=C(NCCc1nc(-c2ccco2)n[nH]1)C1(c2ccccc2Cl)CCOCC1. The van der Waals surface area contributed by atoms with Crippen molar-refractivity contribution in [3.8, 4) is 11.6 Å². The average molecular weight is 401 g/mol. The largest absolute Gasteiger partial charge is 0.461 e. The van der Waals surface area contributed by atoms with Crippen LogP contribution in [-0.2, 0) is 21.4 Å². The Morgan fingerprint density at radius 2 is 2.04 bits per heavy atom. The summed E-state index contributed by atoms with van der Waals surface area (Å²) in [4.78, 5) is 17.6. The van der Waals surface area contributed by atoms with Gasteiger partial charge in [-0.3, -0.25) is 9.89 Å². The van der Waals surface area contributed by atoms with E-state index in [9.17, 15) is 4.79 Å². The van der Waals surface area contributed by atoms with E-state index in [0.717, 1.165) is 5.56 Å². The van der Waals surface area contributed by atoms with Gasteiger partial charge in [-0.25, -0.2) is 4.98 Å². The fourth-order valence-corrected chi connectivity index (χ4v) is 3.89. The second-order valence-corrected chi connectivity index (χ2v) is 7.17. The van der Waals surface area contributed by atoms with E-state index in [1.54, 1.807) is 18.4 Å². The highest BCUT2D eigenvalue weighted by Crippen LogP contribution is 2.38.